The van der Waals surface area contributed by atoms with Crippen molar-refractivity contribution in [2.45, 2.75) is 50.3 Å². The molecule has 0 aliphatic heterocycles. The van der Waals surface area contributed by atoms with Crippen LogP contribution in [-0.4, -0.2) is 7.11 Å². The molecule has 19 heavy (non-hydrogen) atoms. The van der Waals surface area contributed by atoms with E-state index >= 15 is 0 Å². The van der Waals surface area contributed by atoms with E-state index in [1.807, 2.05) is 0 Å². The summed E-state index contributed by atoms with van der Waals surface area (Å²) in [7, 11) is 1.75. The highest BCUT2D eigenvalue weighted by Crippen LogP contribution is 2.40. The minimum Gasteiger partial charge on any atom is -0.496 e. The predicted octanol–water partition coefficient (Wildman–Crippen LogP) is 6.17. The van der Waals surface area contributed by atoms with E-state index in [0.29, 0.717) is 4.83 Å². The Hall–Kier alpha value is -0.0200. The lowest BCUT2D eigenvalue weighted by atomic mass is 9.97. The van der Waals surface area contributed by atoms with Gasteiger partial charge in [0.25, 0.3) is 0 Å². The molecule has 1 nitrogen and oxygen atoms in total. The Kier molecular flexibility index (Phi) is 5.76. The van der Waals surface area contributed by atoms with Gasteiger partial charge in [0, 0.05) is 14.9 Å². The van der Waals surface area contributed by atoms with Crippen molar-refractivity contribution in [3.05, 3.63) is 27.7 Å². The summed E-state index contributed by atoms with van der Waals surface area (Å²) in [5.41, 5.74) is 2.48. The van der Waals surface area contributed by atoms with E-state index < -0.39 is 0 Å². The summed E-state index contributed by atoms with van der Waals surface area (Å²) in [5.74, 6) is 1.94. The van der Waals surface area contributed by atoms with Crippen LogP contribution in [0.25, 0.3) is 0 Å². The van der Waals surface area contributed by atoms with E-state index in [-0.39, 0.29) is 0 Å². The number of benzene rings is 1. The van der Waals surface area contributed by atoms with Crippen molar-refractivity contribution in [1.29, 1.82) is 0 Å². The lowest BCUT2D eigenvalue weighted by molar-refractivity contribution is 0.406. The Morgan fingerprint density at radius 2 is 2.00 bits per heavy atom. The number of hydrogen-bond acceptors (Lipinski definition) is 1. The van der Waals surface area contributed by atoms with Crippen LogP contribution in [0.2, 0.25) is 0 Å². The molecule has 3 heteroatoms. The Bertz CT molecular complexity index is 425. The molecule has 0 radical (unpaired) electrons. The predicted molar refractivity (Wildman–Crippen MR) is 88.3 cm³/mol. The van der Waals surface area contributed by atoms with Gasteiger partial charge in [-0.2, -0.15) is 0 Å². The van der Waals surface area contributed by atoms with Gasteiger partial charge in [0.15, 0.2) is 0 Å². The lowest BCUT2D eigenvalue weighted by Gasteiger charge is -2.17. The summed E-state index contributed by atoms with van der Waals surface area (Å²) in [5, 5.41) is 0. The van der Waals surface area contributed by atoms with Crippen LogP contribution in [0, 0.1) is 12.8 Å². The third-order valence-corrected chi connectivity index (χ3v) is 5.96. The maximum atomic E-state index is 5.52. The first-order valence-corrected chi connectivity index (χ1v) is 8.80. The molecule has 1 aromatic carbocycles. The number of ether oxygens (including phenoxy) is 1. The smallest absolute Gasteiger partial charge is 0.123 e. The zero-order valence-corrected chi connectivity index (χ0v) is 14.9. The minimum absolute atomic E-state index is 0.389. The summed E-state index contributed by atoms with van der Waals surface area (Å²) in [6, 6.07) is 4.31. The Balaban J connectivity index is 2.04. The van der Waals surface area contributed by atoms with Crippen LogP contribution in [0.5, 0.6) is 5.75 Å². The molecule has 1 atom stereocenters. The molecule has 0 spiro atoms. The first-order chi connectivity index (χ1) is 9.11. The van der Waals surface area contributed by atoms with E-state index in [2.05, 4.69) is 50.9 Å². The summed E-state index contributed by atoms with van der Waals surface area (Å²) >= 11 is 7.46. The van der Waals surface area contributed by atoms with Crippen LogP contribution < -0.4 is 4.74 Å². The van der Waals surface area contributed by atoms with E-state index in [1.54, 1.807) is 7.11 Å². The molecule has 0 bridgehead atoms. The normalized spacial score (nSPS) is 17.7. The maximum Gasteiger partial charge on any atom is 0.123 e. The van der Waals surface area contributed by atoms with Gasteiger partial charge < -0.3 is 4.74 Å². The first-order valence-electron chi connectivity index (χ1n) is 7.10. The van der Waals surface area contributed by atoms with Crippen LogP contribution in [0.3, 0.4) is 0 Å². The van der Waals surface area contributed by atoms with Gasteiger partial charge in [-0.05, 0) is 43.4 Å². The summed E-state index contributed by atoms with van der Waals surface area (Å²) < 4.78 is 6.68. The molecular formula is C16H22Br2O. The molecule has 1 saturated carbocycles. The van der Waals surface area contributed by atoms with Crippen LogP contribution in [0.4, 0.5) is 0 Å². The number of halogens is 2. The second-order valence-corrected chi connectivity index (χ2v) is 7.50. The third kappa shape index (κ3) is 3.98. The monoisotopic (exact) mass is 388 g/mol. The average Bonchev–Trinajstić information content (AvgIpc) is 2.91. The van der Waals surface area contributed by atoms with E-state index in [1.165, 1.54) is 49.7 Å². The van der Waals surface area contributed by atoms with Gasteiger partial charge in [0.05, 0.1) is 7.11 Å². The fourth-order valence-corrected chi connectivity index (χ4v) is 3.91. The van der Waals surface area contributed by atoms with Crippen LogP contribution >= 0.6 is 31.9 Å². The molecule has 1 aliphatic rings. The van der Waals surface area contributed by atoms with E-state index in [9.17, 15) is 0 Å². The molecule has 0 heterocycles. The van der Waals surface area contributed by atoms with Crippen molar-refractivity contribution in [2.75, 3.05) is 7.11 Å². The standard InChI is InChI=1S/C16H22Br2O/c1-11-9-16(19-2)13(10-15(11)18)14(17)8-7-12-5-3-4-6-12/h9-10,12,14H,3-8H2,1-2H3. The van der Waals surface area contributed by atoms with Gasteiger partial charge in [-0.15, -0.1) is 0 Å². The zero-order valence-electron chi connectivity index (χ0n) is 11.7. The third-order valence-electron chi connectivity index (χ3n) is 4.15. The number of aryl methyl sites for hydroxylation is 1. The molecule has 2 rings (SSSR count). The molecule has 0 aromatic heterocycles. The summed E-state index contributed by atoms with van der Waals surface area (Å²) in [6.07, 6.45) is 8.22. The fourth-order valence-electron chi connectivity index (χ4n) is 2.93. The van der Waals surface area contributed by atoms with Gasteiger partial charge >= 0.3 is 0 Å². The second kappa shape index (κ2) is 7.12. The summed E-state index contributed by atoms with van der Waals surface area (Å²) in [6.45, 7) is 2.10. The fraction of sp³-hybridized carbons (Fsp3) is 0.625. The highest BCUT2D eigenvalue weighted by Gasteiger charge is 2.19. The highest BCUT2D eigenvalue weighted by atomic mass is 79.9. The average molecular weight is 390 g/mol. The van der Waals surface area contributed by atoms with Crippen molar-refractivity contribution >= 4 is 31.9 Å². The van der Waals surface area contributed by atoms with E-state index in [0.717, 1.165) is 16.1 Å². The SMILES string of the molecule is COc1cc(C)c(Br)cc1C(Br)CCC1CCCC1. The Morgan fingerprint density at radius 3 is 2.63 bits per heavy atom. The zero-order chi connectivity index (χ0) is 13.8. The Morgan fingerprint density at radius 1 is 1.32 bits per heavy atom. The number of hydrogen-bond donors (Lipinski definition) is 0. The van der Waals surface area contributed by atoms with Crippen molar-refractivity contribution in [3.63, 3.8) is 0 Å². The van der Waals surface area contributed by atoms with Gasteiger partial charge in [0.1, 0.15) is 5.75 Å². The number of alkyl halides is 1. The number of methoxy groups -OCH3 is 1. The van der Waals surface area contributed by atoms with Crippen LogP contribution in [-0.2, 0) is 0 Å². The molecular weight excluding hydrogens is 368 g/mol. The molecule has 1 aromatic rings. The minimum atomic E-state index is 0.389. The summed E-state index contributed by atoms with van der Waals surface area (Å²) in [4.78, 5) is 0.389. The highest BCUT2D eigenvalue weighted by molar-refractivity contribution is 9.10. The largest absolute Gasteiger partial charge is 0.496 e. The van der Waals surface area contributed by atoms with Crippen molar-refractivity contribution in [3.8, 4) is 5.75 Å². The second-order valence-electron chi connectivity index (χ2n) is 5.54. The lowest BCUT2D eigenvalue weighted by Crippen LogP contribution is -2.00. The van der Waals surface area contributed by atoms with Gasteiger partial charge in [-0.25, -0.2) is 0 Å². The molecule has 106 valence electrons. The van der Waals surface area contributed by atoms with Crippen LogP contribution in [0.1, 0.15) is 54.5 Å². The van der Waals surface area contributed by atoms with Crippen molar-refractivity contribution < 1.29 is 4.74 Å². The van der Waals surface area contributed by atoms with Crippen LogP contribution in [0.15, 0.2) is 16.6 Å². The Labute approximate surface area is 133 Å². The van der Waals surface area contributed by atoms with E-state index in [4.69, 9.17) is 4.74 Å². The molecule has 0 amide bonds. The van der Waals surface area contributed by atoms with Gasteiger partial charge in [-0.1, -0.05) is 57.5 Å². The molecule has 0 N–H and O–H groups in total. The molecule has 1 fully saturated rings. The van der Waals surface area contributed by atoms with Gasteiger partial charge in [-0.3, -0.25) is 0 Å². The molecule has 1 aliphatic carbocycles. The molecule has 1 unspecified atom stereocenters. The first kappa shape index (κ1) is 15.4. The van der Waals surface area contributed by atoms with Crippen molar-refractivity contribution in [1.82, 2.24) is 0 Å². The molecule has 0 saturated heterocycles. The van der Waals surface area contributed by atoms with Crippen molar-refractivity contribution in [2.24, 2.45) is 5.92 Å². The quantitative estimate of drug-likeness (QED) is 0.547. The number of rotatable bonds is 5. The maximum absolute atomic E-state index is 5.52. The van der Waals surface area contributed by atoms with Gasteiger partial charge in [0.2, 0.25) is 0 Å². The topological polar surface area (TPSA) is 9.23 Å².